The Labute approximate surface area is 169 Å². The second-order valence-electron chi connectivity index (χ2n) is 8.92. The van der Waals surface area contributed by atoms with E-state index in [0.717, 1.165) is 28.8 Å². The van der Waals surface area contributed by atoms with Crippen LogP contribution in [0.3, 0.4) is 0 Å². The molecule has 1 aromatic heterocycles. The van der Waals surface area contributed by atoms with E-state index < -0.39 is 0 Å². The number of hydrogen-bond donors (Lipinski definition) is 1. The molecule has 2 heterocycles. The van der Waals surface area contributed by atoms with Crippen LogP contribution in [0, 0.1) is 11.8 Å². The van der Waals surface area contributed by atoms with E-state index in [2.05, 4.69) is 81.3 Å². The number of nitrogens with one attached hydrogen (secondary N) is 1. The molecule has 2 aromatic carbocycles. The maximum absolute atomic E-state index is 3.83. The predicted molar refractivity (Wildman–Crippen MR) is 114 cm³/mol. The van der Waals surface area contributed by atoms with Crippen molar-refractivity contribution in [3.63, 3.8) is 0 Å². The van der Waals surface area contributed by atoms with Crippen molar-refractivity contribution in [1.82, 2.24) is 9.88 Å². The van der Waals surface area contributed by atoms with Gasteiger partial charge >= 0.3 is 0 Å². The number of aromatic amines is 1. The van der Waals surface area contributed by atoms with Crippen molar-refractivity contribution < 1.29 is 0 Å². The summed E-state index contributed by atoms with van der Waals surface area (Å²) < 4.78 is 1.15. The monoisotopic (exact) mass is 420 g/mol. The molecular formula is C24H25BrN2. The Balaban J connectivity index is 1.54. The summed E-state index contributed by atoms with van der Waals surface area (Å²) in [4.78, 5) is 6.70. The molecular weight excluding hydrogens is 396 g/mol. The fraction of sp³-hybridized carbons (Fsp3) is 0.417. The fourth-order valence-corrected chi connectivity index (χ4v) is 6.44. The summed E-state index contributed by atoms with van der Waals surface area (Å²) in [5.74, 6) is 1.91. The van der Waals surface area contributed by atoms with Crippen molar-refractivity contribution in [2.75, 3.05) is 0 Å². The Hall–Kier alpha value is -1.58. The number of rotatable bonds is 2. The van der Waals surface area contributed by atoms with Gasteiger partial charge in [0.25, 0.3) is 0 Å². The van der Waals surface area contributed by atoms with Gasteiger partial charge in [0.15, 0.2) is 0 Å². The summed E-state index contributed by atoms with van der Waals surface area (Å²) in [6, 6.07) is 19.5. The number of benzene rings is 2. The number of hydrogen-bond acceptors (Lipinski definition) is 1. The summed E-state index contributed by atoms with van der Waals surface area (Å²) in [6.07, 6.45) is 5.47. The Kier molecular flexibility index (Phi) is 3.61. The van der Waals surface area contributed by atoms with Gasteiger partial charge in [-0.3, -0.25) is 4.90 Å². The summed E-state index contributed by atoms with van der Waals surface area (Å²) >= 11 is 3.62. The molecule has 7 rings (SSSR count). The van der Waals surface area contributed by atoms with Crippen LogP contribution in [0.15, 0.2) is 53.0 Å². The van der Waals surface area contributed by atoms with Gasteiger partial charge in [0.1, 0.15) is 0 Å². The van der Waals surface area contributed by atoms with Crippen LogP contribution in [-0.4, -0.2) is 22.0 Å². The van der Waals surface area contributed by atoms with E-state index in [4.69, 9.17) is 0 Å². The van der Waals surface area contributed by atoms with Crippen LogP contribution in [0.5, 0.6) is 0 Å². The molecule has 0 spiro atoms. The first-order valence-corrected chi connectivity index (χ1v) is 11.1. The van der Waals surface area contributed by atoms with Gasteiger partial charge in [0.05, 0.1) is 6.04 Å². The highest BCUT2D eigenvalue weighted by Gasteiger charge is 2.51. The number of fused-ring (bicyclic) bond motifs is 4. The van der Waals surface area contributed by atoms with E-state index >= 15 is 0 Å². The van der Waals surface area contributed by atoms with E-state index in [-0.39, 0.29) is 0 Å². The van der Waals surface area contributed by atoms with Crippen LogP contribution in [0.1, 0.15) is 49.0 Å². The predicted octanol–water partition coefficient (Wildman–Crippen LogP) is 6.06. The lowest BCUT2D eigenvalue weighted by Gasteiger charge is -2.46. The Bertz CT molecular complexity index is 999. The molecule has 3 saturated carbocycles. The van der Waals surface area contributed by atoms with Crippen molar-refractivity contribution in [3.8, 4) is 0 Å². The van der Waals surface area contributed by atoms with Crippen molar-refractivity contribution in [2.45, 2.75) is 50.7 Å². The number of halogens is 1. The zero-order valence-corrected chi connectivity index (χ0v) is 17.2. The lowest BCUT2D eigenvalue weighted by Crippen LogP contribution is -2.49. The fourth-order valence-electron chi connectivity index (χ4n) is 6.17. The second-order valence-corrected chi connectivity index (χ2v) is 9.83. The highest BCUT2D eigenvalue weighted by atomic mass is 79.9. The van der Waals surface area contributed by atoms with Gasteiger partial charge in [-0.1, -0.05) is 46.3 Å². The van der Waals surface area contributed by atoms with Crippen LogP contribution >= 0.6 is 15.9 Å². The van der Waals surface area contributed by atoms with Gasteiger partial charge in [-0.25, -0.2) is 0 Å². The van der Waals surface area contributed by atoms with Crippen molar-refractivity contribution in [1.29, 1.82) is 0 Å². The van der Waals surface area contributed by atoms with Gasteiger partial charge in [0.2, 0.25) is 0 Å². The third-order valence-electron chi connectivity index (χ3n) is 7.39. The van der Waals surface area contributed by atoms with Crippen LogP contribution in [0.25, 0.3) is 10.9 Å². The molecule has 27 heavy (non-hydrogen) atoms. The van der Waals surface area contributed by atoms with Crippen LogP contribution < -0.4 is 0 Å². The van der Waals surface area contributed by atoms with Gasteiger partial charge in [0, 0.05) is 33.2 Å². The van der Waals surface area contributed by atoms with E-state index in [0.29, 0.717) is 12.1 Å². The molecule has 1 N–H and O–H groups in total. The summed E-state index contributed by atoms with van der Waals surface area (Å²) in [5, 5.41) is 1.41. The molecule has 0 radical (unpaired) electrons. The minimum Gasteiger partial charge on any atom is -0.357 e. The first kappa shape index (κ1) is 16.4. The van der Waals surface area contributed by atoms with Gasteiger partial charge in [-0.2, -0.15) is 0 Å². The summed E-state index contributed by atoms with van der Waals surface area (Å²) in [5.41, 5.74) is 5.67. The van der Waals surface area contributed by atoms with Crippen molar-refractivity contribution >= 4 is 26.8 Å². The first-order valence-electron chi connectivity index (χ1n) is 10.3. The SMILES string of the molecule is C[C@@H]1Cc2c([nH]c3ccccc23)[C@@H](c2ccc(Br)cc2)N1[C@@H]1CC2CC1C2. The van der Waals surface area contributed by atoms with Crippen LogP contribution in [0.2, 0.25) is 0 Å². The summed E-state index contributed by atoms with van der Waals surface area (Å²) in [7, 11) is 0. The smallest absolute Gasteiger partial charge is 0.0762 e. The molecule has 4 aliphatic rings. The number of aromatic nitrogens is 1. The standard InChI is InChI=1S/C24H25BrN2/c1-14-10-20-19-4-2-3-5-21(19)26-23(20)24(16-6-8-18(25)9-7-16)27(14)22-13-15-11-17(22)12-15/h2-9,14-15,17,22,24,26H,10-13H2,1H3/t14-,15?,17?,22-,24-/m1/s1. The molecule has 3 aromatic rings. The Morgan fingerprint density at radius 2 is 1.78 bits per heavy atom. The number of H-pyrrole nitrogens is 1. The highest BCUT2D eigenvalue weighted by Crippen LogP contribution is 2.54. The molecule has 3 atom stereocenters. The summed E-state index contributed by atoms with van der Waals surface area (Å²) in [6.45, 7) is 2.45. The minimum atomic E-state index is 0.341. The molecule has 0 saturated heterocycles. The molecule has 3 heteroatoms. The largest absolute Gasteiger partial charge is 0.357 e. The third-order valence-corrected chi connectivity index (χ3v) is 7.92. The topological polar surface area (TPSA) is 19.0 Å². The maximum atomic E-state index is 3.83. The lowest BCUT2D eigenvalue weighted by atomic mass is 9.82. The van der Waals surface area contributed by atoms with E-state index in [1.807, 2.05) is 0 Å². The third kappa shape index (κ3) is 2.41. The molecule has 3 aliphatic carbocycles. The van der Waals surface area contributed by atoms with E-state index in [1.165, 1.54) is 47.0 Å². The van der Waals surface area contributed by atoms with Crippen molar-refractivity contribution in [3.05, 3.63) is 69.8 Å². The number of nitrogens with zero attached hydrogens (tertiary/aromatic N) is 1. The molecule has 3 fully saturated rings. The maximum Gasteiger partial charge on any atom is 0.0762 e. The van der Waals surface area contributed by atoms with Gasteiger partial charge < -0.3 is 4.98 Å². The van der Waals surface area contributed by atoms with Crippen LogP contribution in [-0.2, 0) is 6.42 Å². The van der Waals surface area contributed by atoms with E-state index in [1.54, 1.807) is 0 Å². The van der Waals surface area contributed by atoms with Crippen LogP contribution in [0.4, 0.5) is 0 Å². The van der Waals surface area contributed by atoms with Crippen molar-refractivity contribution in [2.24, 2.45) is 11.8 Å². The Morgan fingerprint density at radius 1 is 1.00 bits per heavy atom. The quantitative estimate of drug-likeness (QED) is 0.533. The molecule has 138 valence electrons. The molecule has 2 bridgehead atoms. The molecule has 2 nitrogen and oxygen atoms in total. The molecule has 0 amide bonds. The molecule has 0 unspecified atom stereocenters. The zero-order valence-electron chi connectivity index (χ0n) is 15.7. The lowest BCUT2D eigenvalue weighted by molar-refractivity contribution is 0.0712. The van der Waals surface area contributed by atoms with Gasteiger partial charge in [-0.15, -0.1) is 0 Å². The highest BCUT2D eigenvalue weighted by molar-refractivity contribution is 9.10. The second kappa shape index (κ2) is 5.96. The Morgan fingerprint density at radius 3 is 2.52 bits per heavy atom. The van der Waals surface area contributed by atoms with Gasteiger partial charge in [-0.05, 0) is 73.8 Å². The minimum absolute atomic E-state index is 0.341. The number of para-hydroxylation sites is 1. The zero-order chi connectivity index (χ0) is 18.1. The average Bonchev–Trinajstić information content (AvgIpc) is 3.33. The van der Waals surface area contributed by atoms with E-state index in [9.17, 15) is 0 Å². The average molecular weight is 421 g/mol. The first-order chi connectivity index (χ1) is 13.2. The molecule has 1 aliphatic heterocycles. The normalized spacial score (nSPS) is 32.4.